The molecule has 2 aromatic heterocycles. The van der Waals surface area contributed by atoms with Crippen LogP contribution in [0.5, 0.6) is 0 Å². The molecule has 2 aromatic carbocycles. The Morgan fingerprint density at radius 2 is 1.96 bits per heavy atom. The lowest BCUT2D eigenvalue weighted by atomic mass is 10.1. The molecule has 4 rings (SSSR count). The second-order valence-corrected chi connectivity index (χ2v) is 6.07. The van der Waals surface area contributed by atoms with Gasteiger partial charge >= 0.3 is 0 Å². The van der Waals surface area contributed by atoms with Crippen LogP contribution in [0.15, 0.2) is 48.5 Å². The standard InChI is InChI=1S/C17H13ClN8O/c1-10-15(23-26(22-10)12-5-3-2-4-6-12)17(27)19-14-9-11(18)7-8-13(14)16-20-24-25-21-16/h2-9H,1H3,(H,19,27)(H,20,21,24,25). The predicted octanol–water partition coefficient (Wildman–Crippen LogP) is 2.66. The van der Waals surface area contributed by atoms with E-state index in [-0.39, 0.29) is 5.69 Å². The van der Waals surface area contributed by atoms with Crippen LogP contribution in [0.1, 0.15) is 16.2 Å². The molecule has 0 aliphatic rings. The van der Waals surface area contributed by atoms with Gasteiger partial charge in [0, 0.05) is 10.6 Å². The summed E-state index contributed by atoms with van der Waals surface area (Å²) in [5, 5.41) is 25.7. The summed E-state index contributed by atoms with van der Waals surface area (Å²) in [5.74, 6) is -0.0756. The van der Waals surface area contributed by atoms with E-state index in [0.717, 1.165) is 5.69 Å². The summed E-state index contributed by atoms with van der Waals surface area (Å²) in [4.78, 5) is 14.2. The average Bonchev–Trinajstić information content (AvgIpc) is 3.32. The van der Waals surface area contributed by atoms with Gasteiger partial charge in [-0.2, -0.15) is 15.1 Å². The summed E-state index contributed by atoms with van der Waals surface area (Å²) in [6.45, 7) is 1.72. The van der Waals surface area contributed by atoms with Crippen LogP contribution in [-0.4, -0.2) is 41.5 Å². The van der Waals surface area contributed by atoms with Crippen molar-refractivity contribution in [2.24, 2.45) is 0 Å². The van der Waals surface area contributed by atoms with Crippen LogP contribution in [0, 0.1) is 6.92 Å². The van der Waals surface area contributed by atoms with E-state index in [9.17, 15) is 4.79 Å². The lowest BCUT2D eigenvalue weighted by Crippen LogP contribution is -2.15. The van der Waals surface area contributed by atoms with Gasteiger partial charge in [0.25, 0.3) is 5.91 Å². The molecule has 2 heterocycles. The highest BCUT2D eigenvalue weighted by Gasteiger charge is 2.19. The minimum absolute atomic E-state index is 0.206. The van der Waals surface area contributed by atoms with Crippen molar-refractivity contribution in [2.75, 3.05) is 5.32 Å². The van der Waals surface area contributed by atoms with E-state index in [2.05, 4.69) is 36.1 Å². The monoisotopic (exact) mass is 380 g/mol. The zero-order valence-electron chi connectivity index (χ0n) is 14.1. The Bertz CT molecular complexity index is 1090. The molecule has 27 heavy (non-hydrogen) atoms. The third-order valence-corrected chi connectivity index (χ3v) is 4.04. The predicted molar refractivity (Wildman–Crippen MR) is 98.7 cm³/mol. The highest BCUT2D eigenvalue weighted by molar-refractivity contribution is 6.31. The third-order valence-electron chi connectivity index (χ3n) is 3.80. The number of hydrogen-bond donors (Lipinski definition) is 2. The van der Waals surface area contributed by atoms with Crippen LogP contribution in [0.4, 0.5) is 5.69 Å². The molecule has 0 bridgehead atoms. The molecule has 2 N–H and O–H groups in total. The first-order valence-corrected chi connectivity index (χ1v) is 8.34. The van der Waals surface area contributed by atoms with Crippen molar-refractivity contribution in [1.29, 1.82) is 0 Å². The number of benzene rings is 2. The van der Waals surface area contributed by atoms with E-state index in [1.807, 2.05) is 30.3 Å². The first kappa shape index (κ1) is 16.9. The van der Waals surface area contributed by atoms with Crippen molar-refractivity contribution in [3.8, 4) is 17.1 Å². The number of rotatable bonds is 4. The maximum Gasteiger partial charge on any atom is 0.278 e. The zero-order chi connectivity index (χ0) is 18.8. The summed E-state index contributed by atoms with van der Waals surface area (Å²) in [5.41, 5.74) is 2.49. The number of tetrazole rings is 1. The average molecular weight is 381 g/mol. The van der Waals surface area contributed by atoms with Gasteiger partial charge in [-0.05, 0) is 42.5 Å². The van der Waals surface area contributed by atoms with Crippen molar-refractivity contribution in [2.45, 2.75) is 6.92 Å². The van der Waals surface area contributed by atoms with Crippen LogP contribution >= 0.6 is 11.6 Å². The van der Waals surface area contributed by atoms with Gasteiger partial charge in [-0.15, -0.1) is 15.3 Å². The second-order valence-electron chi connectivity index (χ2n) is 5.64. The summed E-state index contributed by atoms with van der Waals surface area (Å²) < 4.78 is 0. The highest BCUT2D eigenvalue weighted by atomic mass is 35.5. The summed E-state index contributed by atoms with van der Waals surface area (Å²) in [6, 6.07) is 14.3. The maximum absolute atomic E-state index is 12.8. The van der Waals surface area contributed by atoms with Crippen molar-refractivity contribution in [1.82, 2.24) is 35.6 Å². The zero-order valence-corrected chi connectivity index (χ0v) is 14.8. The number of aryl methyl sites for hydroxylation is 1. The Kier molecular flexibility index (Phi) is 4.35. The van der Waals surface area contributed by atoms with E-state index in [1.54, 1.807) is 25.1 Å². The maximum atomic E-state index is 12.8. The fourth-order valence-corrected chi connectivity index (χ4v) is 2.71. The molecule has 1 amide bonds. The number of nitrogens with one attached hydrogen (secondary N) is 2. The number of halogens is 1. The first-order chi connectivity index (χ1) is 13.1. The molecule has 0 unspecified atom stereocenters. The summed E-state index contributed by atoms with van der Waals surface area (Å²) in [7, 11) is 0. The quantitative estimate of drug-likeness (QED) is 0.562. The van der Waals surface area contributed by atoms with Gasteiger partial charge in [-0.3, -0.25) is 4.79 Å². The van der Waals surface area contributed by atoms with Gasteiger partial charge in [-0.1, -0.05) is 29.8 Å². The molecule has 0 spiro atoms. The number of carbonyl (C=O) groups is 1. The minimum Gasteiger partial charge on any atom is -0.320 e. The van der Waals surface area contributed by atoms with E-state index in [0.29, 0.717) is 27.8 Å². The van der Waals surface area contributed by atoms with Crippen molar-refractivity contribution < 1.29 is 4.79 Å². The number of hydrogen-bond acceptors (Lipinski definition) is 6. The number of aromatic amines is 1. The van der Waals surface area contributed by atoms with E-state index < -0.39 is 5.91 Å². The molecule has 0 aliphatic heterocycles. The van der Waals surface area contributed by atoms with Gasteiger partial charge in [0.15, 0.2) is 5.69 Å². The third kappa shape index (κ3) is 3.40. The molecule has 9 nitrogen and oxygen atoms in total. The lowest BCUT2D eigenvalue weighted by molar-refractivity contribution is 0.102. The molecule has 0 saturated carbocycles. The van der Waals surface area contributed by atoms with E-state index in [1.165, 1.54) is 4.80 Å². The molecular formula is C17H13ClN8O. The van der Waals surface area contributed by atoms with Crippen LogP contribution < -0.4 is 5.32 Å². The normalized spacial score (nSPS) is 10.7. The van der Waals surface area contributed by atoms with Crippen molar-refractivity contribution >= 4 is 23.2 Å². The number of nitrogens with zero attached hydrogens (tertiary/aromatic N) is 6. The summed E-state index contributed by atoms with van der Waals surface area (Å²) >= 11 is 6.08. The van der Waals surface area contributed by atoms with Crippen molar-refractivity contribution in [3.63, 3.8) is 0 Å². The second kappa shape index (κ2) is 6.96. The van der Waals surface area contributed by atoms with Gasteiger partial charge in [-0.25, -0.2) is 0 Å². The lowest BCUT2D eigenvalue weighted by Gasteiger charge is -2.08. The molecule has 0 aliphatic carbocycles. The largest absolute Gasteiger partial charge is 0.320 e. The minimum atomic E-state index is -0.415. The van der Waals surface area contributed by atoms with Crippen molar-refractivity contribution in [3.05, 3.63) is 64.9 Å². The number of aromatic nitrogens is 7. The Morgan fingerprint density at radius 3 is 2.70 bits per heavy atom. The van der Waals surface area contributed by atoms with Gasteiger partial charge in [0.2, 0.25) is 5.82 Å². The molecule has 10 heteroatoms. The smallest absolute Gasteiger partial charge is 0.278 e. The molecular weight excluding hydrogens is 368 g/mol. The number of carbonyl (C=O) groups excluding carboxylic acids is 1. The van der Waals surface area contributed by atoms with Crippen LogP contribution in [-0.2, 0) is 0 Å². The van der Waals surface area contributed by atoms with E-state index in [4.69, 9.17) is 11.6 Å². The molecule has 0 radical (unpaired) electrons. The Labute approximate surface area is 158 Å². The van der Waals surface area contributed by atoms with Crippen LogP contribution in [0.25, 0.3) is 17.1 Å². The molecule has 0 fully saturated rings. The van der Waals surface area contributed by atoms with Crippen LogP contribution in [0.3, 0.4) is 0 Å². The Balaban J connectivity index is 1.66. The van der Waals surface area contributed by atoms with Crippen LogP contribution in [0.2, 0.25) is 5.02 Å². The SMILES string of the molecule is Cc1nn(-c2ccccc2)nc1C(=O)Nc1cc(Cl)ccc1-c1nn[nH]n1. The van der Waals surface area contributed by atoms with E-state index >= 15 is 0 Å². The molecule has 134 valence electrons. The Morgan fingerprint density at radius 1 is 1.15 bits per heavy atom. The van der Waals surface area contributed by atoms with Gasteiger partial charge in [0.05, 0.1) is 17.1 Å². The van der Waals surface area contributed by atoms with Gasteiger partial charge in [0.1, 0.15) is 0 Å². The highest BCUT2D eigenvalue weighted by Crippen LogP contribution is 2.28. The number of para-hydroxylation sites is 1. The number of H-pyrrole nitrogens is 1. The number of anilines is 1. The first-order valence-electron chi connectivity index (χ1n) is 7.96. The molecule has 0 saturated heterocycles. The fraction of sp³-hybridized carbons (Fsp3) is 0.0588. The Hall–Kier alpha value is -3.59. The molecule has 0 atom stereocenters. The summed E-state index contributed by atoms with van der Waals surface area (Å²) in [6.07, 6.45) is 0. The topological polar surface area (TPSA) is 114 Å². The molecule has 4 aromatic rings. The fourth-order valence-electron chi connectivity index (χ4n) is 2.54. The number of amides is 1. The van der Waals surface area contributed by atoms with Gasteiger partial charge < -0.3 is 5.32 Å².